The van der Waals surface area contributed by atoms with E-state index in [1.54, 1.807) is 0 Å². The van der Waals surface area contributed by atoms with Gasteiger partial charge in [-0.1, -0.05) is 23.4 Å². The lowest BCUT2D eigenvalue weighted by atomic mass is 10.1. The molecular formula is C15H18N2O3. The average molecular weight is 274 g/mol. The van der Waals surface area contributed by atoms with Crippen molar-refractivity contribution in [3.63, 3.8) is 0 Å². The Kier molecular flexibility index (Phi) is 4.40. The van der Waals surface area contributed by atoms with Gasteiger partial charge in [-0.25, -0.2) is 0 Å². The van der Waals surface area contributed by atoms with Crippen LogP contribution in [-0.2, 0) is 11.3 Å². The summed E-state index contributed by atoms with van der Waals surface area (Å²) in [5.41, 5.74) is 2.93. The van der Waals surface area contributed by atoms with Crippen LogP contribution in [0.15, 0.2) is 34.9 Å². The molecule has 0 bridgehead atoms. The number of nitrogens with zero attached hydrogens (tertiary/aromatic N) is 2. The van der Waals surface area contributed by atoms with Crippen LogP contribution in [0.25, 0.3) is 0 Å². The zero-order chi connectivity index (χ0) is 14.5. The van der Waals surface area contributed by atoms with Crippen molar-refractivity contribution in [2.45, 2.75) is 26.8 Å². The lowest BCUT2D eigenvalue weighted by Crippen LogP contribution is -2.26. The summed E-state index contributed by atoms with van der Waals surface area (Å²) in [5.74, 6) is -0.0529. The number of rotatable bonds is 6. The van der Waals surface area contributed by atoms with Crippen LogP contribution in [0.3, 0.4) is 0 Å². The number of aromatic nitrogens is 1. The Morgan fingerprint density at radius 3 is 2.70 bits per heavy atom. The summed E-state index contributed by atoms with van der Waals surface area (Å²) < 4.78 is 5.06. The van der Waals surface area contributed by atoms with Crippen LogP contribution in [0.2, 0.25) is 0 Å². The number of carboxylic acids is 1. The lowest BCUT2D eigenvalue weighted by Gasteiger charge is -2.24. The van der Waals surface area contributed by atoms with Crippen LogP contribution >= 0.6 is 0 Å². The van der Waals surface area contributed by atoms with Crippen molar-refractivity contribution in [3.8, 4) is 0 Å². The maximum Gasteiger partial charge on any atom is 0.305 e. The molecule has 0 atom stereocenters. The summed E-state index contributed by atoms with van der Waals surface area (Å²) in [5, 5.41) is 12.9. The van der Waals surface area contributed by atoms with Gasteiger partial charge in [0.25, 0.3) is 0 Å². The number of benzene rings is 1. The molecule has 0 radical (unpaired) electrons. The maximum absolute atomic E-state index is 10.8. The van der Waals surface area contributed by atoms with Crippen molar-refractivity contribution in [3.05, 3.63) is 47.3 Å². The number of aliphatic carboxylic acids is 1. The molecule has 0 spiro atoms. The summed E-state index contributed by atoms with van der Waals surface area (Å²) in [6.45, 7) is 4.82. The predicted octanol–water partition coefficient (Wildman–Crippen LogP) is 2.77. The molecule has 5 nitrogen and oxygen atoms in total. The van der Waals surface area contributed by atoms with Gasteiger partial charge < -0.3 is 14.5 Å². The first-order valence-electron chi connectivity index (χ1n) is 6.51. The molecule has 0 aliphatic carbocycles. The van der Waals surface area contributed by atoms with Crippen LogP contribution in [-0.4, -0.2) is 22.8 Å². The van der Waals surface area contributed by atoms with E-state index < -0.39 is 5.97 Å². The van der Waals surface area contributed by atoms with Crippen molar-refractivity contribution in [1.29, 1.82) is 0 Å². The highest BCUT2D eigenvalue weighted by atomic mass is 16.5. The Balaban J connectivity index is 2.20. The van der Waals surface area contributed by atoms with Crippen molar-refractivity contribution in [2.75, 3.05) is 11.4 Å². The van der Waals surface area contributed by atoms with Gasteiger partial charge >= 0.3 is 5.97 Å². The molecule has 0 fully saturated rings. The van der Waals surface area contributed by atoms with Crippen molar-refractivity contribution in [1.82, 2.24) is 5.16 Å². The molecule has 1 aromatic heterocycles. The standard InChI is InChI=1S/C15H18N2O3/c1-11-5-3-4-6-14(11)17(8-7-15(18)19)10-13-9-12(2)20-16-13/h3-6,9H,7-8,10H2,1-2H3,(H,18,19). The molecule has 0 saturated carbocycles. The Morgan fingerprint density at radius 1 is 1.35 bits per heavy atom. The molecule has 1 heterocycles. The van der Waals surface area contributed by atoms with E-state index in [-0.39, 0.29) is 6.42 Å². The van der Waals surface area contributed by atoms with Gasteiger partial charge in [0.05, 0.1) is 13.0 Å². The minimum atomic E-state index is -0.806. The quantitative estimate of drug-likeness (QED) is 0.877. The van der Waals surface area contributed by atoms with Crippen LogP contribution in [0.5, 0.6) is 0 Å². The number of carboxylic acid groups (broad SMARTS) is 1. The van der Waals surface area contributed by atoms with E-state index in [1.165, 1.54) is 0 Å². The van der Waals surface area contributed by atoms with Gasteiger partial charge in [-0.05, 0) is 25.5 Å². The summed E-state index contributed by atoms with van der Waals surface area (Å²) in [7, 11) is 0. The summed E-state index contributed by atoms with van der Waals surface area (Å²) in [6.07, 6.45) is 0.0885. The SMILES string of the molecule is Cc1cc(CN(CCC(=O)O)c2ccccc2C)no1. The fraction of sp³-hybridized carbons (Fsp3) is 0.333. The van der Waals surface area contributed by atoms with E-state index in [9.17, 15) is 4.79 Å². The largest absolute Gasteiger partial charge is 0.481 e. The van der Waals surface area contributed by atoms with Gasteiger partial charge in [-0.3, -0.25) is 4.79 Å². The lowest BCUT2D eigenvalue weighted by molar-refractivity contribution is -0.136. The Labute approximate surface area is 117 Å². The fourth-order valence-electron chi connectivity index (χ4n) is 2.12. The van der Waals surface area contributed by atoms with E-state index in [0.717, 1.165) is 22.7 Å². The molecule has 0 aliphatic heterocycles. The van der Waals surface area contributed by atoms with Gasteiger partial charge in [0.2, 0.25) is 0 Å². The number of anilines is 1. The minimum absolute atomic E-state index is 0.0885. The molecule has 0 unspecified atom stereocenters. The number of carbonyl (C=O) groups is 1. The molecule has 1 N–H and O–H groups in total. The third-order valence-electron chi connectivity index (χ3n) is 3.08. The first-order chi connectivity index (χ1) is 9.56. The molecular weight excluding hydrogens is 256 g/mol. The molecule has 106 valence electrons. The smallest absolute Gasteiger partial charge is 0.305 e. The van der Waals surface area contributed by atoms with E-state index in [2.05, 4.69) is 5.16 Å². The van der Waals surface area contributed by atoms with E-state index in [0.29, 0.717) is 13.1 Å². The van der Waals surface area contributed by atoms with Crippen LogP contribution < -0.4 is 4.90 Å². The van der Waals surface area contributed by atoms with Crippen molar-refractivity contribution in [2.24, 2.45) is 0 Å². The highest BCUT2D eigenvalue weighted by Crippen LogP contribution is 2.21. The second-order valence-electron chi connectivity index (χ2n) is 4.78. The van der Waals surface area contributed by atoms with Gasteiger partial charge in [-0.2, -0.15) is 0 Å². The molecule has 0 amide bonds. The zero-order valence-electron chi connectivity index (χ0n) is 11.7. The molecule has 5 heteroatoms. The molecule has 1 aromatic carbocycles. The third-order valence-corrected chi connectivity index (χ3v) is 3.08. The number of aryl methyl sites for hydroxylation is 2. The third kappa shape index (κ3) is 3.60. The average Bonchev–Trinajstić information content (AvgIpc) is 2.81. The number of para-hydroxylation sites is 1. The normalized spacial score (nSPS) is 10.5. The maximum atomic E-state index is 10.8. The summed E-state index contributed by atoms with van der Waals surface area (Å²) in [4.78, 5) is 12.8. The van der Waals surface area contributed by atoms with Crippen LogP contribution in [0, 0.1) is 13.8 Å². The molecule has 0 saturated heterocycles. The zero-order valence-corrected chi connectivity index (χ0v) is 11.7. The highest BCUT2D eigenvalue weighted by Gasteiger charge is 2.13. The number of hydrogen-bond acceptors (Lipinski definition) is 4. The van der Waals surface area contributed by atoms with Gasteiger partial charge in [0, 0.05) is 18.3 Å². The number of hydrogen-bond donors (Lipinski definition) is 1. The molecule has 2 aromatic rings. The minimum Gasteiger partial charge on any atom is -0.481 e. The first kappa shape index (κ1) is 14.1. The van der Waals surface area contributed by atoms with E-state index in [1.807, 2.05) is 49.1 Å². The first-order valence-corrected chi connectivity index (χ1v) is 6.51. The highest BCUT2D eigenvalue weighted by molar-refractivity contribution is 5.68. The summed E-state index contributed by atoms with van der Waals surface area (Å²) in [6, 6.07) is 9.78. The predicted molar refractivity (Wildman–Crippen MR) is 75.7 cm³/mol. The monoisotopic (exact) mass is 274 g/mol. The van der Waals surface area contributed by atoms with Crippen LogP contribution in [0.4, 0.5) is 5.69 Å². The Bertz CT molecular complexity index is 592. The fourth-order valence-corrected chi connectivity index (χ4v) is 2.12. The van der Waals surface area contributed by atoms with Gasteiger partial charge in [0.15, 0.2) is 0 Å². The van der Waals surface area contributed by atoms with Crippen molar-refractivity contribution >= 4 is 11.7 Å². The second kappa shape index (κ2) is 6.23. The Hall–Kier alpha value is -2.30. The van der Waals surface area contributed by atoms with E-state index in [4.69, 9.17) is 9.63 Å². The summed E-state index contributed by atoms with van der Waals surface area (Å²) >= 11 is 0. The molecule has 2 rings (SSSR count). The molecule has 0 aliphatic rings. The van der Waals surface area contributed by atoms with Crippen LogP contribution in [0.1, 0.15) is 23.4 Å². The Morgan fingerprint density at radius 2 is 2.10 bits per heavy atom. The molecule has 20 heavy (non-hydrogen) atoms. The second-order valence-corrected chi connectivity index (χ2v) is 4.78. The topological polar surface area (TPSA) is 66.6 Å². The van der Waals surface area contributed by atoms with Crippen molar-refractivity contribution < 1.29 is 14.4 Å². The van der Waals surface area contributed by atoms with E-state index >= 15 is 0 Å². The van der Waals surface area contributed by atoms with Gasteiger partial charge in [0.1, 0.15) is 11.5 Å². The van der Waals surface area contributed by atoms with Gasteiger partial charge in [-0.15, -0.1) is 0 Å².